The third-order valence-corrected chi connectivity index (χ3v) is 2.33. The fourth-order valence-corrected chi connectivity index (χ4v) is 1.55. The maximum absolute atomic E-state index is 12.6. The molecule has 2 nitrogen and oxygen atoms in total. The van der Waals surface area contributed by atoms with Gasteiger partial charge < -0.3 is 9.84 Å². The maximum atomic E-state index is 12.6. The highest BCUT2D eigenvalue weighted by molar-refractivity contribution is 5.18. The Kier molecular flexibility index (Phi) is 4.72. The van der Waals surface area contributed by atoms with Crippen molar-refractivity contribution in [1.82, 2.24) is 0 Å². The number of aliphatic hydroxyl groups is 1. The summed E-state index contributed by atoms with van der Waals surface area (Å²) in [7, 11) is 1.64. The zero-order valence-corrected chi connectivity index (χ0v) is 9.11. The van der Waals surface area contributed by atoms with Crippen molar-refractivity contribution in [2.75, 3.05) is 13.7 Å². The molecule has 84 valence electrons. The molecule has 0 heterocycles. The number of ether oxygens (including phenoxy) is 1. The molecule has 0 aliphatic heterocycles. The number of benzene rings is 1. The van der Waals surface area contributed by atoms with Crippen LogP contribution in [0.15, 0.2) is 24.3 Å². The third kappa shape index (κ3) is 3.98. The van der Waals surface area contributed by atoms with Gasteiger partial charge in [0.2, 0.25) is 0 Å². The minimum atomic E-state index is -0.546. The number of rotatable bonds is 5. The smallest absolute Gasteiger partial charge is 0.123 e. The van der Waals surface area contributed by atoms with Gasteiger partial charge in [-0.25, -0.2) is 4.39 Å². The summed E-state index contributed by atoms with van der Waals surface area (Å²) in [6.45, 7) is 2.63. The Morgan fingerprint density at radius 1 is 1.33 bits per heavy atom. The van der Waals surface area contributed by atoms with Crippen molar-refractivity contribution in [1.29, 1.82) is 0 Å². The predicted molar refractivity (Wildman–Crippen MR) is 57.0 cm³/mol. The summed E-state index contributed by atoms with van der Waals surface area (Å²) in [4.78, 5) is 0. The van der Waals surface area contributed by atoms with Crippen LogP contribution in [-0.2, 0) is 4.74 Å². The van der Waals surface area contributed by atoms with Crippen molar-refractivity contribution in [3.8, 4) is 0 Å². The Morgan fingerprint density at radius 2 is 1.93 bits per heavy atom. The largest absolute Gasteiger partial charge is 0.388 e. The topological polar surface area (TPSA) is 29.5 Å². The number of methoxy groups -OCH3 is 1. The molecule has 0 saturated carbocycles. The Bertz CT molecular complexity index is 284. The van der Waals surface area contributed by atoms with Gasteiger partial charge in [0.1, 0.15) is 5.82 Å². The van der Waals surface area contributed by atoms with Gasteiger partial charge in [0.15, 0.2) is 0 Å². The summed E-state index contributed by atoms with van der Waals surface area (Å²) in [5.74, 6) is 0.00550. The summed E-state index contributed by atoms with van der Waals surface area (Å²) < 4.78 is 17.6. The van der Waals surface area contributed by atoms with E-state index in [1.165, 1.54) is 12.1 Å². The van der Waals surface area contributed by atoms with E-state index >= 15 is 0 Å². The molecule has 1 N–H and O–H groups in total. The first kappa shape index (κ1) is 12.1. The van der Waals surface area contributed by atoms with Gasteiger partial charge in [-0.15, -0.1) is 0 Å². The minimum absolute atomic E-state index is 0.282. The monoisotopic (exact) mass is 212 g/mol. The van der Waals surface area contributed by atoms with Crippen LogP contribution in [0.4, 0.5) is 4.39 Å². The van der Waals surface area contributed by atoms with Crippen LogP contribution >= 0.6 is 0 Å². The summed E-state index contributed by atoms with van der Waals surface area (Å²) in [5.41, 5.74) is 0.749. The van der Waals surface area contributed by atoms with E-state index in [-0.39, 0.29) is 11.7 Å². The van der Waals surface area contributed by atoms with Crippen LogP contribution < -0.4 is 0 Å². The average molecular weight is 212 g/mol. The molecule has 0 aliphatic carbocycles. The van der Waals surface area contributed by atoms with Gasteiger partial charge in [-0.2, -0.15) is 0 Å². The standard InChI is InChI=1S/C12H17FO2/c1-9(8-15-2)7-12(14)10-3-5-11(13)6-4-10/h3-6,9,12,14H,7-8H2,1-2H3. The number of hydrogen-bond acceptors (Lipinski definition) is 2. The molecule has 1 rings (SSSR count). The normalized spacial score (nSPS) is 14.9. The predicted octanol–water partition coefficient (Wildman–Crippen LogP) is 2.53. The van der Waals surface area contributed by atoms with Crippen LogP contribution in [0.3, 0.4) is 0 Å². The summed E-state index contributed by atoms with van der Waals surface area (Å²) in [6, 6.07) is 5.94. The molecule has 0 bridgehead atoms. The lowest BCUT2D eigenvalue weighted by molar-refractivity contribution is 0.102. The summed E-state index contributed by atoms with van der Waals surface area (Å²) in [6.07, 6.45) is 0.0789. The lowest BCUT2D eigenvalue weighted by atomic mass is 9.99. The highest BCUT2D eigenvalue weighted by Gasteiger charge is 2.12. The minimum Gasteiger partial charge on any atom is -0.388 e. The molecule has 3 heteroatoms. The first-order valence-electron chi connectivity index (χ1n) is 5.06. The highest BCUT2D eigenvalue weighted by atomic mass is 19.1. The van der Waals surface area contributed by atoms with E-state index in [0.717, 1.165) is 5.56 Å². The number of aliphatic hydroxyl groups excluding tert-OH is 1. The van der Waals surface area contributed by atoms with Crippen molar-refractivity contribution in [2.24, 2.45) is 5.92 Å². The van der Waals surface area contributed by atoms with Gasteiger partial charge in [-0.1, -0.05) is 19.1 Å². The van der Waals surface area contributed by atoms with Crippen molar-refractivity contribution in [2.45, 2.75) is 19.4 Å². The molecule has 0 spiro atoms. The second-order valence-corrected chi connectivity index (χ2v) is 3.86. The molecule has 0 aromatic heterocycles. The fourth-order valence-electron chi connectivity index (χ4n) is 1.55. The zero-order chi connectivity index (χ0) is 11.3. The molecule has 0 saturated heterocycles. The van der Waals surface area contributed by atoms with Crippen molar-refractivity contribution < 1.29 is 14.2 Å². The van der Waals surface area contributed by atoms with Crippen molar-refractivity contribution >= 4 is 0 Å². The SMILES string of the molecule is COCC(C)CC(O)c1ccc(F)cc1. The Balaban J connectivity index is 2.53. The Labute approximate surface area is 89.7 Å². The lowest BCUT2D eigenvalue weighted by Gasteiger charge is -2.15. The zero-order valence-electron chi connectivity index (χ0n) is 9.11. The first-order chi connectivity index (χ1) is 7.13. The van der Waals surface area contributed by atoms with Gasteiger partial charge in [-0.05, 0) is 30.0 Å². The Morgan fingerprint density at radius 3 is 2.47 bits per heavy atom. The number of hydrogen-bond donors (Lipinski definition) is 1. The molecule has 1 aromatic carbocycles. The molecule has 15 heavy (non-hydrogen) atoms. The van der Waals surface area contributed by atoms with Crippen molar-refractivity contribution in [3.05, 3.63) is 35.6 Å². The fraction of sp³-hybridized carbons (Fsp3) is 0.500. The van der Waals surface area contributed by atoms with E-state index in [9.17, 15) is 9.50 Å². The molecule has 2 atom stereocenters. The summed E-state index contributed by atoms with van der Waals surface area (Å²) in [5, 5.41) is 9.83. The van der Waals surface area contributed by atoms with E-state index in [2.05, 4.69) is 0 Å². The van der Waals surface area contributed by atoms with Crippen LogP contribution in [-0.4, -0.2) is 18.8 Å². The van der Waals surface area contributed by atoms with E-state index < -0.39 is 6.10 Å². The highest BCUT2D eigenvalue weighted by Crippen LogP contribution is 2.21. The maximum Gasteiger partial charge on any atom is 0.123 e. The third-order valence-electron chi connectivity index (χ3n) is 2.33. The molecule has 0 fully saturated rings. The molecule has 0 radical (unpaired) electrons. The van der Waals surface area contributed by atoms with E-state index in [0.29, 0.717) is 13.0 Å². The van der Waals surface area contributed by atoms with Crippen LogP contribution in [0, 0.1) is 11.7 Å². The van der Waals surface area contributed by atoms with Crippen LogP contribution in [0.25, 0.3) is 0 Å². The van der Waals surface area contributed by atoms with Gasteiger partial charge in [-0.3, -0.25) is 0 Å². The lowest BCUT2D eigenvalue weighted by Crippen LogP contribution is -2.09. The number of halogens is 1. The molecular weight excluding hydrogens is 195 g/mol. The molecular formula is C12H17FO2. The molecule has 2 unspecified atom stereocenters. The second kappa shape index (κ2) is 5.83. The van der Waals surface area contributed by atoms with Gasteiger partial charge in [0.05, 0.1) is 6.10 Å². The van der Waals surface area contributed by atoms with Crippen molar-refractivity contribution in [3.63, 3.8) is 0 Å². The molecule has 0 amide bonds. The van der Waals surface area contributed by atoms with Gasteiger partial charge in [0, 0.05) is 13.7 Å². The first-order valence-corrected chi connectivity index (χ1v) is 5.06. The van der Waals surface area contributed by atoms with E-state index in [1.807, 2.05) is 6.92 Å². The van der Waals surface area contributed by atoms with Crippen LogP contribution in [0.1, 0.15) is 25.0 Å². The van der Waals surface area contributed by atoms with Crippen LogP contribution in [0.5, 0.6) is 0 Å². The Hall–Kier alpha value is -0.930. The van der Waals surface area contributed by atoms with E-state index in [1.54, 1.807) is 19.2 Å². The van der Waals surface area contributed by atoms with Crippen LogP contribution in [0.2, 0.25) is 0 Å². The summed E-state index contributed by atoms with van der Waals surface area (Å²) >= 11 is 0. The quantitative estimate of drug-likeness (QED) is 0.812. The van der Waals surface area contributed by atoms with Gasteiger partial charge >= 0.3 is 0 Å². The molecule has 0 aliphatic rings. The average Bonchev–Trinajstić information content (AvgIpc) is 2.18. The van der Waals surface area contributed by atoms with E-state index in [4.69, 9.17) is 4.74 Å². The van der Waals surface area contributed by atoms with Gasteiger partial charge in [0.25, 0.3) is 0 Å². The second-order valence-electron chi connectivity index (χ2n) is 3.86. The molecule has 1 aromatic rings.